The minimum Gasteiger partial charge on any atom is -0.495 e. The molecule has 5 rings (SSSR count). The minimum atomic E-state index is -0.516. The number of aryl methyl sites for hydroxylation is 1. The van der Waals surface area contributed by atoms with Gasteiger partial charge in [0, 0.05) is 31.0 Å². The molecule has 11 nitrogen and oxygen atoms in total. The van der Waals surface area contributed by atoms with Crippen molar-refractivity contribution in [2.75, 3.05) is 37.4 Å². The van der Waals surface area contributed by atoms with Crippen molar-refractivity contribution in [1.29, 1.82) is 0 Å². The lowest BCUT2D eigenvalue weighted by atomic mass is 9.93. The van der Waals surface area contributed by atoms with Gasteiger partial charge in [0.15, 0.2) is 5.69 Å². The average Bonchev–Trinajstić information content (AvgIpc) is 3.51. The molecule has 0 saturated carbocycles. The second-order valence-electron chi connectivity index (χ2n) is 12.3. The first-order chi connectivity index (χ1) is 23.8. The number of carbonyl (C=O) groups is 3. The predicted octanol–water partition coefficient (Wildman–Crippen LogP) is 6.44. The Kier molecular flexibility index (Phi) is 11.7. The zero-order valence-electron chi connectivity index (χ0n) is 28.7. The van der Waals surface area contributed by atoms with Crippen molar-refractivity contribution in [1.82, 2.24) is 19.6 Å². The van der Waals surface area contributed by atoms with Crippen LogP contribution in [0.15, 0.2) is 72.8 Å². The topological polar surface area (TPSA) is 129 Å². The summed E-state index contributed by atoms with van der Waals surface area (Å²) in [6.45, 7) is 7.46. The third kappa shape index (κ3) is 8.11. The van der Waals surface area contributed by atoms with Gasteiger partial charge in [0.2, 0.25) is 0 Å². The third-order valence-electron chi connectivity index (χ3n) is 8.85. The summed E-state index contributed by atoms with van der Waals surface area (Å²) in [5.41, 5.74) is 4.69. The van der Waals surface area contributed by atoms with Crippen molar-refractivity contribution < 1.29 is 24.2 Å². The number of hydrogen-bond acceptors (Lipinski definition) is 6. The SMILES string of the molecule is CCCCN(CCCC)C(=O)c1cc(C)n(-c2ccc(NC(=O)Nc3ccccc3OC)cc2C(=O)N2Cc3ccccc3CC2CO)n1. The van der Waals surface area contributed by atoms with E-state index in [1.807, 2.05) is 36.1 Å². The number of carbonyl (C=O) groups excluding carboxylic acids is 3. The van der Waals surface area contributed by atoms with Gasteiger partial charge in [-0.3, -0.25) is 9.59 Å². The van der Waals surface area contributed by atoms with Gasteiger partial charge in [-0.2, -0.15) is 5.10 Å². The average molecular weight is 667 g/mol. The lowest BCUT2D eigenvalue weighted by Gasteiger charge is -2.36. The molecule has 3 aromatic carbocycles. The minimum absolute atomic E-state index is 0.143. The molecule has 4 aromatic rings. The summed E-state index contributed by atoms with van der Waals surface area (Å²) in [5, 5.41) is 20.7. The lowest BCUT2D eigenvalue weighted by molar-refractivity contribution is 0.0544. The Balaban J connectivity index is 1.51. The second-order valence-corrected chi connectivity index (χ2v) is 12.3. The van der Waals surface area contributed by atoms with E-state index in [0.29, 0.717) is 60.3 Å². The van der Waals surface area contributed by atoms with Crippen LogP contribution >= 0.6 is 0 Å². The van der Waals surface area contributed by atoms with Crippen LogP contribution in [-0.4, -0.2) is 75.4 Å². The van der Waals surface area contributed by atoms with E-state index in [0.717, 1.165) is 36.8 Å². The molecule has 1 aliphatic rings. The molecule has 1 atom stereocenters. The molecule has 3 N–H and O–H groups in total. The van der Waals surface area contributed by atoms with E-state index in [2.05, 4.69) is 24.5 Å². The van der Waals surface area contributed by atoms with Crippen LogP contribution in [0.1, 0.15) is 77.2 Å². The van der Waals surface area contributed by atoms with Gasteiger partial charge in [-0.15, -0.1) is 0 Å². The highest BCUT2D eigenvalue weighted by Gasteiger charge is 2.32. The molecule has 49 heavy (non-hydrogen) atoms. The molecule has 2 heterocycles. The summed E-state index contributed by atoms with van der Waals surface area (Å²) in [7, 11) is 1.53. The zero-order valence-corrected chi connectivity index (χ0v) is 28.7. The van der Waals surface area contributed by atoms with Crippen LogP contribution in [0.25, 0.3) is 5.69 Å². The van der Waals surface area contributed by atoms with Crippen molar-refractivity contribution in [3.8, 4) is 11.4 Å². The molecule has 0 saturated heterocycles. The van der Waals surface area contributed by atoms with Gasteiger partial charge in [0.05, 0.1) is 36.7 Å². The fraction of sp³-hybridized carbons (Fsp3) is 0.368. The number of aliphatic hydroxyl groups is 1. The normalized spacial score (nSPS) is 13.8. The fourth-order valence-corrected chi connectivity index (χ4v) is 6.14. The highest BCUT2D eigenvalue weighted by Crippen LogP contribution is 2.29. The standard InChI is InChI=1S/C38H46N6O5/c1-5-7-19-42(20-8-6-2)37(47)33-21-26(3)44(41-33)34-18-17-29(39-38(48)40-32-15-11-12-16-35(32)49-4)23-31(34)36(46)43-24-28-14-10-9-13-27(28)22-30(43)25-45/h9-18,21,23,30,45H,5-8,19-20,22,24-25H2,1-4H3,(H2,39,40,48). The van der Waals surface area contributed by atoms with Crippen molar-refractivity contribution in [3.05, 3.63) is 101 Å². The number of urea groups is 1. The van der Waals surface area contributed by atoms with Gasteiger partial charge < -0.3 is 30.3 Å². The summed E-state index contributed by atoms with van der Waals surface area (Å²) >= 11 is 0. The van der Waals surface area contributed by atoms with Gasteiger partial charge in [-0.05, 0) is 73.7 Å². The molecule has 0 fully saturated rings. The Morgan fingerprint density at radius 2 is 1.63 bits per heavy atom. The maximum atomic E-state index is 14.5. The number of amides is 4. The Morgan fingerprint density at radius 1 is 0.939 bits per heavy atom. The van der Waals surface area contributed by atoms with E-state index in [1.165, 1.54) is 7.11 Å². The summed E-state index contributed by atoms with van der Waals surface area (Å²) in [5.74, 6) is 0.0373. The number of rotatable bonds is 13. The van der Waals surface area contributed by atoms with E-state index >= 15 is 0 Å². The number of hydrogen-bond donors (Lipinski definition) is 3. The zero-order chi connectivity index (χ0) is 34.9. The van der Waals surface area contributed by atoms with Gasteiger partial charge in [-0.1, -0.05) is 63.1 Å². The highest BCUT2D eigenvalue weighted by molar-refractivity contribution is 6.03. The Labute approximate surface area is 287 Å². The number of aromatic nitrogens is 2. The van der Waals surface area contributed by atoms with Crippen LogP contribution in [0.4, 0.5) is 16.2 Å². The maximum absolute atomic E-state index is 14.5. The number of fused-ring (bicyclic) bond motifs is 1. The number of nitrogens with one attached hydrogen (secondary N) is 2. The smallest absolute Gasteiger partial charge is 0.323 e. The van der Waals surface area contributed by atoms with E-state index < -0.39 is 12.1 Å². The molecular formula is C38H46N6O5. The molecule has 1 aromatic heterocycles. The molecule has 0 spiro atoms. The van der Waals surface area contributed by atoms with Crippen LogP contribution < -0.4 is 15.4 Å². The van der Waals surface area contributed by atoms with Crippen LogP contribution in [0.3, 0.4) is 0 Å². The van der Waals surface area contributed by atoms with Crippen molar-refractivity contribution in [2.24, 2.45) is 0 Å². The summed E-state index contributed by atoms with van der Waals surface area (Å²) in [4.78, 5) is 44.8. The Bertz CT molecular complexity index is 1780. The predicted molar refractivity (Wildman–Crippen MR) is 191 cm³/mol. The number of ether oxygens (including phenoxy) is 1. The molecule has 0 radical (unpaired) electrons. The Morgan fingerprint density at radius 3 is 2.33 bits per heavy atom. The molecule has 4 amide bonds. The van der Waals surface area contributed by atoms with Gasteiger partial charge in [0.25, 0.3) is 11.8 Å². The first-order valence-corrected chi connectivity index (χ1v) is 17.0. The molecule has 1 unspecified atom stereocenters. The van der Waals surface area contributed by atoms with Crippen molar-refractivity contribution in [2.45, 2.75) is 65.5 Å². The number of benzene rings is 3. The quantitative estimate of drug-likeness (QED) is 0.151. The maximum Gasteiger partial charge on any atom is 0.323 e. The molecule has 1 aliphatic heterocycles. The fourth-order valence-electron chi connectivity index (χ4n) is 6.14. The monoisotopic (exact) mass is 666 g/mol. The van der Waals surface area contributed by atoms with Crippen molar-refractivity contribution in [3.63, 3.8) is 0 Å². The van der Waals surface area contributed by atoms with Crippen molar-refractivity contribution >= 4 is 29.2 Å². The number of nitrogens with zero attached hydrogens (tertiary/aromatic N) is 4. The third-order valence-corrected chi connectivity index (χ3v) is 8.85. The van der Waals surface area contributed by atoms with E-state index in [1.54, 1.807) is 58.1 Å². The highest BCUT2D eigenvalue weighted by atomic mass is 16.5. The van der Waals surface area contributed by atoms with Crippen LogP contribution in [-0.2, 0) is 13.0 Å². The number of anilines is 2. The number of para-hydroxylation sites is 2. The molecule has 0 aliphatic carbocycles. The van der Waals surface area contributed by atoms with Gasteiger partial charge in [0.1, 0.15) is 5.75 Å². The Hall–Kier alpha value is -5.16. The first-order valence-electron chi connectivity index (χ1n) is 17.0. The van der Waals surface area contributed by atoms with Gasteiger partial charge in [-0.25, -0.2) is 9.48 Å². The molecule has 0 bridgehead atoms. The lowest BCUT2D eigenvalue weighted by Crippen LogP contribution is -2.46. The number of aliphatic hydroxyl groups excluding tert-OH is 1. The van der Waals surface area contributed by atoms with Crippen LogP contribution in [0, 0.1) is 6.92 Å². The largest absolute Gasteiger partial charge is 0.495 e. The summed E-state index contributed by atoms with van der Waals surface area (Å²) in [6.07, 6.45) is 4.26. The molecule has 11 heteroatoms. The van der Waals surface area contributed by atoms with E-state index in [-0.39, 0.29) is 24.0 Å². The van der Waals surface area contributed by atoms with E-state index in [9.17, 15) is 19.5 Å². The number of unbranched alkanes of at least 4 members (excludes halogenated alkanes) is 2. The van der Waals surface area contributed by atoms with Gasteiger partial charge >= 0.3 is 6.03 Å². The van der Waals surface area contributed by atoms with Crippen LogP contribution in [0.2, 0.25) is 0 Å². The molecular weight excluding hydrogens is 620 g/mol. The second kappa shape index (κ2) is 16.3. The van der Waals surface area contributed by atoms with E-state index in [4.69, 9.17) is 9.84 Å². The molecule has 258 valence electrons. The summed E-state index contributed by atoms with van der Waals surface area (Å²) in [6, 6.07) is 20.8. The first kappa shape index (κ1) is 35.2. The van der Waals surface area contributed by atoms with Crippen LogP contribution in [0.5, 0.6) is 5.75 Å². The summed E-state index contributed by atoms with van der Waals surface area (Å²) < 4.78 is 6.97. The number of methoxy groups -OCH3 is 1.